The number of hydrogen-bond donors (Lipinski definition) is 0. The Kier molecular flexibility index (Phi) is 5.41. The van der Waals surface area contributed by atoms with E-state index in [0.29, 0.717) is 17.6 Å². The first-order valence-corrected chi connectivity index (χ1v) is 11.7. The lowest BCUT2D eigenvalue weighted by Gasteiger charge is -2.45. The van der Waals surface area contributed by atoms with Crippen LogP contribution in [0.4, 0.5) is 4.79 Å². The summed E-state index contributed by atoms with van der Waals surface area (Å²) in [6, 6.07) is 14.2. The van der Waals surface area contributed by atoms with Crippen molar-refractivity contribution in [3.05, 3.63) is 82.3 Å². The first-order chi connectivity index (χ1) is 16.7. The molecule has 1 aliphatic carbocycles. The van der Waals surface area contributed by atoms with Crippen molar-refractivity contribution in [1.29, 1.82) is 0 Å². The van der Waals surface area contributed by atoms with Crippen molar-refractivity contribution in [3.8, 4) is 11.5 Å². The molecule has 0 amide bonds. The van der Waals surface area contributed by atoms with Gasteiger partial charge in [0.15, 0.2) is 23.0 Å². The van der Waals surface area contributed by atoms with Gasteiger partial charge in [-0.3, -0.25) is 4.90 Å². The molecule has 2 aromatic rings. The Labute approximate surface area is 198 Å². The van der Waals surface area contributed by atoms with Crippen molar-refractivity contribution >= 4 is 6.16 Å². The van der Waals surface area contributed by atoms with E-state index in [2.05, 4.69) is 17.0 Å². The Morgan fingerprint density at radius 3 is 2.79 bits per heavy atom. The van der Waals surface area contributed by atoms with Gasteiger partial charge in [0.1, 0.15) is 6.61 Å². The standard InChI is InChI=1S/C27H27NO6/c1-30-23-8-7-18-11-22-20-13-25-24(32-16-33-25)12-19(20)9-10-28(22)14-21(18)26(23)34-27(29)31-15-17-5-3-2-4-6-17/h2-6,8,12-13,18,22H,7,9-11,14-16H2,1H3. The molecule has 0 saturated carbocycles. The van der Waals surface area contributed by atoms with Crippen LogP contribution in [0.2, 0.25) is 0 Å². The Morgan fingerprint density at radius 1 is 1.15 bits per heavy atom. The van der Waals surface area contributed by atoms with E-state index in [1.165, 1.54) is 11.1 Å². The zero-order chi connectivity index (χ0) is 23.1. The lowest BCUT2D eigenvalue weighted by molar-refractivity contribution is 0.0613. The lowest BCUT2D eigenvalue weighted by atomic mass is 9.76. The largest absolute Gasteiger partial charge is 0.514 e. The van der Waals surface area contributed by atoms with Crippen LogP contribution in [0.15, 0.2) is 65.6 Å². The Morgan fingerprint density at radius 2 is 1.97 bits per heavy atom. The van der Waals surface area contributed by atoms with Gasteiger partial charge >= 0.3 is 6.16 Å². The van der Waals surface area contributed by atoms with Crippen LogP contribution in [0.5, 0.6) is 11.5 Å². The summed E-state index contributed by atoms with van der Waals surface area (Å²) in [5.74, 6) is 3.05. The van der Waals surface area contributed by atoms with Gasteiger partial charge in [-0.15, -0.1) is 0 Å². The van der Waals surface area contributed by atoms with Crippen molar-refractivity contribution in [3.63, 3.8) is 0 Å². The quantitative estimate of drug-likeness (QED) is 0.602. The molecule has 3 aliphatic heterocycles. The van der Waals surface area contributed by atoms with E-state index < -0.39 is 6.16 Å². The Balaban J connectivity index is 1.23. The fourth-order valence-corrected chi connectivity index (χ4v) is 5.49. The van der Waals surface area contributed by atoms with Gasteiger partial charge in [0.05, 0.1) is 7.11 Å². The molecule has 0 radical (unpaired) electrons. The molecule has 0 aromatic heterocycles. The van der Waals surface area contributed by atoms with Gasteiger partial charge in [0, 0.05) is 19.1 Å². The van der Waals surface area contributed by atoms with Crippen LogP contribution in [-0.2, 0) is 27.2 Å². The van der Waals surface area contributed by atoms with E-state index in [1.54, 1.807) is 7.11 Å². The molecule has 176 valence electrons. The van der Waals surface area contributed by atoms with Crippen LogP contribution < -0.4 is 9.47 Å². The minimum absolute atomic E-state index is 0.166. The van der Waals surface area contributed by atoms with Crippen molar-refractivity contribution in [2.24, 2.45) is 5.92 Å². The number of carbonyl (C=O) groups excluding carboxylic acids is 1. The SMILES string of the molecule is COC1=CCC2CC3c4cc5c(cc4CCN3CC2=C1OC(=O)OCc1ccccc1)OCO5. The van der Waals surface area contributed by atoms with E-state index in [1.807, 2.05) is 36.4 Å². The van der Waals surface area contributed by atoms with Crippen molar-refractivity contribution < 1.29 is 28.5 Å². The molecule has 1 saturated heterocycles. The molecule has 4 aliphatic rings. The van der Waals surface area contributed by atoms with Crippen molar-refractivity contribution in [2.75, 3.05) is 27.0 Å². The fraction of sp³-hybridized carbons (Fsp3) is 0.370. The third kappa shape index (κ3) is 3.80. The number of hydrogen-bond acceptors (Lipinski definition) is 7. The third-order valence-electron chi connectivity index (χ3n) is 7.18. The molecule has 1 fully saturated rings. The number of carbonyl (C=O) groups is 1. The summed E-state index contributed by atoms with van der Waals surface area (Å²) >= 11 is 0. The smallest absolute Gasteiger partial charge is 0.493 e. The summed E-state index contributed by atoms with van der Waals surface area (Å²) in [6.45, 7) is 2.11. The molecular formula is C27H27NO6. The number of methoxy groups -OCH3 is 1. The number of nitrogens with zero attached hydrogens (tertiary/aromatic N) is 1. The molecule has 6 rings (SSSR count). The fourth-order valence-electron chi connectivity index (χ4n) is 5.49. The molecule has 34 heavy (non-hydrogen) atoms. The van der Waals surface area contributed by atoms with E-state index in [9.17, 15) is 4.79 Å². The van der Waals surface area contributed by atoms with Gasteiger partial charge in [-0.2, -0.15) is 0 Å². The second-order valence-corrected chi connectivity index (χ2v) is 9.06. The average molecular weight is 462 g/mol. The lowest BCUT2D eigenvalue weighted by Crippen LogP contribution is -2.43. The number of rotatable bonds is 4. The van der Waals surface area contributed by atoms with Gasteiger partial charge in [-0.25, -0.2) is 4.79 Å². The molecule has 7 nitrogen and oxygen atoms in total. The van der Waals surface area contributed by atoms with Crippen LogP contribution in [-0.4, -0.2) is 38.0 Å². The summed E-state index contributed by atoms with van der Waals surface area (Å²) in [6.07, 6.45) is 4.06. The zero-order valence-electron chi connectivity index (χ0n) is 19.1. The predicted molar refractivity (Wildman–Crippen MR) is 123 cm³/mol. The first kappa shape index (κ1) is 21.1. The number of fused-ring (bicyclic) bond motifs is 5. The minimum Gasteiger partial charge on any atom is -0.493 e. The minimum atomic E-state index is -0.714. The molecule has 2 unspecified atom stereocenters. The highest BCUT2D eigenvalue weighted by molar-refractivity contribution is 5.63. The van der Waals surface area contributed by atoms with Gasteiger partial charge in [0.2, 0.25) is 6.79 Å². The monoisotopic (exact) mass is 461 g/mol. The third-order valence-corrected chi connectivity index (χ3v) is 7.18. The first-order valence-electron chi connectivity index (χ1n) is 11.7. The molecule has 3 heterocycles. The molecule has 7 heteroatoms. The van der Waals surface area contributed by atoms with Crippen LogP contribution in [0.3, 0.4) is 0 Å². The molecule has 0 N–H and O–H groups in total. The predicted octanol–water partition coefficient (Wildman–Crippen LogP) is 4.88. The second kappa shape index (κ2) is 8.72. The molecule has 2 atom stereocenters. The number of ether oxygens (including phenoxy) is 5. The van der Waals surface area contributed by atoms with Crippen molar-refractivity contribution in [1.82, 2.24) is 4.90 Å². The molecule has 0 bridgehead atoms. The zero-order valence-corrected chi connectivity index (χ0v) is 19.1. The Hall–Kier alpha value is -3.45. The number of allylic oxidation sites excluding steroid dienone is 1. The van der Waals surface area contributed by atoms with E-state index in [-0.39, 0.29) is 19.3 Å². The van der Waals surface area contributed by atoms with Gasteiger partial charge < -0.3 is 23.7 Å². The normalized spacial score (nSPS) is 22.8. The van der Waals surface area contributed by atoms with Crippen LogP contribution in [0, 0.1) is 5.92 Å². The maximum absolute atomic E-state index is 12.6. The Bertz CT molecular complexity index is 1170. The maximum atomic E-state index is 12.6. The topological polar surface area (TPSA) is 66.5 Å². The van der Waals surface area contributed by atoms with Crippen LogP contribution >= 0.6 is 0 Å². The van der Waals surface area contributed by atoms with Crippen molar-refractivity contribution in [2.45, 2.75) is 31.9 Å². The summed E-state index contributed by atoms with van der Waals surface area (Å²) in [5.41, 5.74) is 4.68. The van der Waals surface area contributed by atoms with E-state index in [4.69, 9.17) is 23.7 Å². The average Bonchev–Trinajstić information content (AvgIpc) is 3.33. The van der Waals surface area contributed by atoms with Gasteiger partial charge in [0.25, 0.3) is 0 Å². The number of benzene rings is 2. The van der Waals surface area contributed by atoms with Crippen LogP contribution in [0.25, 0.3) is 0 Å². The molecule has 2 aromatic carbocycles. The highest BCUT2D eigenvalue weighted by atomic mass is 16.7. The summed E-state index contributed by atoms with van der Waals surface area (Å²) in [4.78, 5) is 15.0. The molecule has 0 spiro atoms. The second-order valence-electron chi connectivity index (χ2n) is 9.06. The van der Waals surface area contributed by atoms with E-state index in [0.717, 1.165) is 55.0 Å². The highest BCUT2D eigenvalue weighted by Gasteiger charge is 2.40. The highest BCUT2D eigenvalue weighted by Crippen LogP contribution is 2.48. The molecular weight excluding hydrogens is 434 g/mol. The van der Waals surface area contributed by atoms with Gasteiger partial charge in [-0.1, -0.05) is 30.3 Å². The van der Waals surface area contributed by atoms with E-state index >= 15 is 0 Å². The maximum Gasteiger partial charge on any atom is 0.514 e. The van der Waals surface area contributed by atoms with Crippen LogP contribution in [0.1, 0.15) is 35.6 Å². The summed E-state index contributed by atoms with van der Waals surface area (Å²) < 4.78 is 28.0. The summed E-state index contributed by atoms with van der Waals surface area (Å²) in [5, 5.41) is 0. The summed E-state index contributed by atoms with van der Waals surface area (Å²) in [7, 11) is 1.61. The number of piperidine rings is 1. The van der Waals surface area contributed by atoms with Gasteiger partial charge in [-0.05, 0) is 65.7 Å².